The molecule has 0 aromatic heterocycles. The Balaban J connectivity index is 1.82. The number of carbonyl (C=O) groups excluding carboxylic acids is 1. The number of aryl methyl sites for hydroxylation is 1. The topological polar surface area (TPSA) is 107 Å². The van der Waals surface area contributed by atoms with Gasteiger partial charge in [0.2, 0.25) is 0 Å². The molecule has 0 aliphatic heterocycles. The van der Waals surface area contributed by atoms with Crippen LogP contribution in [0.1, 0.15) is 18.1 Å². The Morgan fingerprint density at radius 1 is 0.972 bits per heavy atom. The molecule has 0 saturated heterocycles. The highest BCUT2D eigenvalue weighted by Gasteiger charge is 2.27. The van der Waals surface area contributed by atoms with E-state index in [2.05, 4.69) is 10.5 Å². The number of hydrazone groups is 1. The maximum absolute atomic E-state index is 13.5. The van der Waals surface area contributed by atoms with E-state index in [1.54, 1.807) is 61.7 Å². The molecule has 10 heteroatoms. The van der Waals surface area contributed by atoms with Gasteiger partial charge in [0.1, 0.15) is 23.8 Å². The van der Waals surface area contributed by atoms with Crippen LogP contribution >= 0.6 is 0 Å². The Morgan fingerprint density at radius 3 is 2.25 bits per heavy atom. The zero-order valence-corrected chi connectivity index (χ0v) is 21.4. The van der Waals surface area contributed by atoms with Crippen molar-refractivity contribution in [2.24, 2.45) is 5.10 Å². The first-order valence-electron chi connectivity index (χ1n) is 11.1. The molecule has 190 valence electrons. The number of hydrogen-bond donors (Lipinski definition) is 1. The Bertz CT molecular complexity index is 1310. The molecule has 9 nitrogen and oxygen atoms in total. The minimum atomic E-state index is -4.06. The van der Waals surface area contributed by atoms with Crippen molar-refractivity contribution in [3.8, 4) is 17.2 Å². The quantitative estimate of drug-likeness (QED) is 0.310. The first-order valence-corrected chi connectivity index (χ1v) is 12.6. The number of ether oxygens (including phenoxy) is 3. The average molecular weight is 512 g/mol. The summed E-state index contributed by atoms with van der Waals surface area (Å²) in [7, 11) is -1.00. The van der Waals surface area contributed by atoms with Gasteiger partial charge in [-0.1, -0.05) is 17.7 Å². The lowest BCUT2D eigenvalue weighted by molar-refractivity contribution is -0.119. The van der Waals surface area contributed by atoms with Crippen LogP contribution in [0.15, 0.2) is 76.7 Å². The lowest BCUT2D eigenvalue weighted by Gasteiger charge is -2.24. The number of rotatable bonds is 11. The van der Waals surface area contributed by atoms with E-state index in [1.165, 1.54) is 25.5 Å². The molecule has 36 heavy (non-hydrogen) atoms. The first kappa shape index (κ1) is 26.6. The minimum Gasteiger partial charge on any atom is -0.497 e. The van der Waals surface area contributed by atoms with Crippen LogP contribution in [0, 0.1) is 6.92 Å². The molecule has 0 aliphatic rings. The molecule has 0 fully saturated rings. The Labute approximate surface area is 211 Å². The summed E-state index contributed by atoms with van der Waals surface area (Å²) in [5, 5.41) is 3.97. The number of methoxy groups -OCH3 is 2. The van der Waals surface area contributed by atoms with E-state index in [0.29, 0.717) is 35.1 Å². The zero-order valence-electron chi connectivity index (χ0n) is 20.6. The smallest absolute Gasteiger partial charge is 0.264 e. The number of sulfonamides is 1. The molecule has 3 aromatic rings. The van der Waals surface area contributed by atoms with Gasteiger partial charge < -0.3 is 14.2 Å². The molecule has 0 aliphatic carbocycles. The van der Waals surface area contributed by atoms with Crippen molar-refractivity contribution in [1.29, 1.82) is 0 Å². The summed E-state index contributed by atoms with van der Waals surface area (Å²) in [6, 6.07) is 18.1. The largest absolute Gasteiger partial charge is 0.497 e. The third kappa shape index (κ3) is 6.54. The number of hydrogen-bond acceptors (Lipinski definition) is 7. The van der Waals surface area contributed by atoms with Crippen molar-refractivity contribution in [3.05, 3.63) is 77.9 Å². The molecule has 0 spiro atoms. The van der Waals surface area contributed by atoms with Crippen molar-refractivity contribution >= 4 is 27.8 Å². The van der Waals surface area contributed by atoms with Crippen LogP contribution in [0.3, 0.4) is 0 Å². The fourth-order valence-electron chi connectivity index (χ4n) is 3.29. The summed E-state index contributed by atoms with van der Waals surface area (Å²) >= 11 is 0. The number of benzene rings is 3. The van der Waals surface area contributed by atoms with Gasteiger partial charge in [0.05, 0.1) is 37.6 Å². The number of nitrogens with one attached hydrogen (secondary N) is 1. The SMILES string of the molecule is CCOc1ccc(S(=O)(=O)N(CC(=O)N/N=C/c2ccc(OC)cc2OC)c2ccc(C)cc2)cc1. The summed E-state index contributed by atoms with van der Waals surface area (Å²) in [5.74, 6) is 1.06. The van der Waals surface area contributed by atoms with Gasteiger partial charge in [0.15, 0.2) is 0 Å². The second-order valence-corrected chi connectivity index (χ2v) is 9.52. The fourth-order valence-corrected chi connectivity index (χ4v) is 4.71. The van der Waals surface area contributed by atoms with Gasteiger partial charge in [-0.15, -0.1) is 0 Å². The van der Waals surface area contributed by atoms with E-state index in [0.717, 1.165) is 9.87 Å². The highest BCUT2D eigenvalue weighted by atomic mass is 32.2. The number of carbonyl (C=O) groups is 1. The van der Waals surface area contributed by atoms with Gasteiger partial charge in [0, 0.05) is 11.6 Å². The van der Waals surface area contributed by atoms with Crippen LogP contribution < -0.4 is 23.9 Å². The maximum atomic E-state index is 13.5. The first-order chi connectivity index (χ1) is 17.3. The monoisotopic (exact) mass is 511 g/mol. The van der Waals surface area contributed by atoms with Gasteiger partial charge in [0.25, 0.3) is 15.9 Å². The molecule has 1 amide bonds. The second kappa shape index (κ2) is 12.1. The third-order valence-corrected chi connectivity index (χ3v) is 6.95. The summed E-state index contributed by atoms with van der Waals surface area (Å²) < 4.78 is 43.9. The average Bonchev–Trinajstić information content (AvgIpc) is 2.88. The molecule has 0 radical (unpaired) electrons. The van der Waals surface area contributed by atoms with E-state index in [-0.39, 0.29) is 4.90 Å². The lowest BCUT2D eigenvalue weighted by Crippen LogP contribution is -2.39. The van der Waals surface area contributed by atoms with Crippen molar-refractivity contribution < 1.29 is 27.4 Å². The van der Waals surface area contributed by atoms with Gasteiger partial charge in [-0.3, -0.25) is 9.10 Å². The van der Waals surface area contributed by atoms with Crippen molar-refractivity contribution in [1.82, 2.24) is 5.43 Å². The normalized spacial score (nSPS) is 11.2. The zero-order chi connectivity index (χ0) is 26.1. The molecule has 0 saturated carbocycles. The van der Waals surface area contributed by atoms with Crippen LogP contribution in [-0.2, 0) is 14.8 Å². The van der Waals surface area contributed by atoms with E-state index < -0.39 is 22.5 Å². The number of nitrogens with zero attached hydrogens (tertiary/aromatic N) is 2. The van der Waals surface area contributed by atoms with Gasteiger partial charge >= 0.3 is 0 Å². The van der Waals surface area contributed by atoms with Gasteiger partial charge in [-0.25, -0.2) is 13.8 Å². The van der Waals surface area contributed by atoms with Crippen LogP contribution in [0.5, 0.6) is 17.2 Å². The van der Waals surface area contributed by atoms with E-state index in [1.807, 2.05) is 13.8 Å². The van der Waals surface area contributed by atoms with Crippen LogP contribution in [0.2, 0.25) is 0 Å². The Hall–Kier alpha value is -4.05. The van der Waals surface area contributed by atoms with Crippen molar-refractivity contribution in [3.63, 3.8) is 0 Å². The summed E-state index contributed by atoms with van der Waals surface area (Å²) in [6.07, 6.45) is 1.41. The maximum Gasteiger partial charge on any atom is 0.264 e. The van der Waals surface area contributed by atoms with E-state index in [4.69, 9.17) is 14.2 Å². The second-order valence-electron chi connectivity index (χ2n) is 7.65. The molecule has 0 unspecified atom stereocenters. The van der Waals surface area contributed by atoms with Gasteiger partial charge in [-0.05, 0) is 62.4 Å². The fraction of sp³-hybridized carbons (Fsp3) is 0.231. The van der Waals surface area contributed by atoms with E-state index >= 15 is 0 Å². The highest BCUT2D eigenvalue weighted by Crippen LogP contribution is 2.26. The molecular formula is C26H29N3O6S. The summed E-state index contributed by atoms with van der Waals surface area (Å²) in [4.78, 5) is 12.8. The lowest BCUT2D eigenvalue weighted by atomic mass is 10.2. The predicted molar refractivity (Wildman–Crippen MR) is 139 cm³/mol. The van der Waals surface area contributed by atoms with Crippen molar-refractivity contribution in [2.75, 3.05) is 31.7 Å². The van der Waals surface area contributed by atoms with Crippen LogP contribution in [0.4, 0.5) is 5.69 Å². The molecular weight excluding hydrogens is 482 g/mol. The molecule has 3 aromatic carbocycles. The molecule has 0 heterocycles. The van der Waals surface area contributed by atoms with Crippen molar-refractivity contribution in [2.45, 2.75) is 18.7 Å². The minimum absolute atomic E-state index is 0.0331. The van der Waals surface area contributed by atoms with Gasteiger partial charge in [-0.2, -0.15) is 5.10 Å². The number of amides is 1. The molecule has 0 bridgehead atoms. The standard InChI is InChI=1S/C26H29N3O6S/c1-5-35-22-12-14-24(15-13-22)36(31,32)29(21-9-6-19(2)7-10-21)18-26(30)28-27-17-20-8-11-23(33-3)16-25(20)34-4/h6-17H,5,18H2,1-4H3,(H,28,30)/b27-17+. The van der Waals surface area contributed by atoms with Crippen LogP contribution in [-0.4, -0.2) is 47.9 Å². The van der Waals surface area contributed by atoms with Crippen LogP contribution in [0.25, 0.3) is 0 Å². The predicted octanol–water partition coefficient (Wildman–Crippen LogP) is 3.76. The highest BCUT2D eigenvalue weighted by molar-refractivity contribution is 7.92. The molecule has 1 N–H and O–H groups in total. The molecule has 3 rings (SSSR count). The molecule has 0 atom stereocenters. The Kier molecular flexibility index (Phi) is 8.91. The summed E-state index contributed by atoms with van der Waals surface area (Å²) in [5.41, 5.74) is 4.31. The third-order valence-electron chi connectivity index (χ3n) is 5.17. The Morgan fingerprint density at radius 2 is 1.64 bits per heavy atom. The number of anilines is 1. The van der Waals surface area contributed by atoms with E-state index in [9.17, 15) is 13.2 Å². The summed E-state index contributed by atoms with van der Waals surface area (Å²) in [6.45, 7) is 3.72.